The first kappa shape index (κ1) is 21.7. The van der Waals surface area contributed by atoms with Crippen LogP contribution in [0.5, 0.6) is 11.5 Å². The second kappa shape index (κ2) is 8.31. The van der Waals surface area contributed by atoms with E-state index in [1.54, 1.807) is 0 Å². The number of nitriles is 1. The maximum Gasteiger partial charge on any atom is 0.135 e. The highest BCUT2D eigenvalue weighted by Crippen LogP contribution is 2.51. The fourth-order valence-corrected chi connectivity index (χ4v) is 6.24. The van der Waals surface area contributed by atoms with Crippen LogP contribution in [0.4, 0.5) is 0 Å². The normalized spacial score (nSPS) is 11.8. The Morgan fingerprint density at radius 2 is 1.03 bits per heavy atom. The standard InChI is InChI=1S/C37H21NO/c38-22-23-16-18-24(19-17-23)35-27-9-1-3-11-29(27)36(30-12-4-2-10-28(30)35)32-20-21-34-37-26(13-7-14-31(32)37)25-8-5-6-15-33(25)39-34/h1-21H. The number of hydrogen-bond acceptors (Lipinski definition) is 2. The minimum atomic E-state index is 0.663. The van der Waals surface area contributed by atoms with Crippen LogP contribution in [-0.4, -0.2) is 0 Å². The molecule has 1 aliphatic rings. The summed E-state index contributed by atoms with van der Waals surface area (Å²) in [4.78, 5) is 0. The minimum Gasteiger partial charge on any atom is -0.456 e. The van der Waals surface area contributed by atoms with E-state index in [4.69, 9.17) is 4.74 Å². The van der Waals surface area contributed by atoms with Gasteiger partial charge in [-0.25, -0.2) is 0 Å². The van der Waals surface area contributed by atoms with Crippen LogP contribution in [0.15, 0.2) is 127 Å². The highest BCUT2D eigenvalue weighted by atomic mass is 16.5. The molecule has 0 aromatic heterocycles. The van der Waals surface area contributed by atoms with Crippen molar-refractivity contribution in [3.05, 3.63) is 133 Å². The van der Waals surface area contributed by atoms with Crippen LogP contribution in [0, 0.1) is 11.3 Å². The van der Waals surface area contributed by atoms with Gasteiger partial charge in [-0.15, -0.1) is 0 Å². The SMILES string of the molecule is N#Cc1ccc(-c2c3ccccc3c(-c3ccc4c5c(cccc35)-c3ccccc3O4)c3ccccc23)cc1. The minimum absolute atomic E-state index is 0.663. The number of ether oxygens (including phenoxy) is 1. The molecule has 0 fully saturated rings. The van der Waals surface area contributed by atoms with Crippen molar-refractivity contribution in [1.29, 1.82) is 5.26 Å². The Kier molecular flexibility index (Phi) is 4.62. The summed E-state index contributed by atoms with van der Waals surface area (Å²) in [6, 6.07) is 46.7. The van der Waals surface area contributed by atoms with Crippen LogP contribution in [0.3, 0.4) is 0 Å². The van der Waals surface area contributed by atoms with Crippen LogP contribution >= 0.6 is 0 Å². The zero-order chi connectivity index (χ0) is 25.9. The summed E-state index contributed by atoms with van der Waals surface area (Å²) in [5.41, 5.74) is 7.70. The monoisotopic (exact) mass is 495 g/mol. The van der Waals surface area contributed by atoms with Gasteiger partial charge >= 0.3 is 0 Å². The van der Waals surface area contributed by atoms with Crippen molar-refractivity contribution in [3.63, 3.8) is 0 Å². The van der Waals surface area contributed by atoms with E-state index in [9.17, 15) is 5.26 Å². The molecule has 0 spiro atoms. The molecule has 1 heterocycles. The molecule has 0 amide bonds. The molecular weight excluding hydrogens is 474 g/mol. The predicted molar refractivity (Wildman–Crippen MR) is 160 cm³/mol. The molecule has 0 N–H and O–H groups in total. The highest BCUT2D eigenvalue weighted by molar-refractivity contribution is 6.24. The largest absolute Gasteiger partial charge is 0.456 e. The van der Waals surface area contributed by atoms with Crippen molar-refractivity contribution in [2.24, 2.45) is 0 Å². The molecule has 0 saturated heterocycles. The van der Waals surface area contributed by atoms with Crippen LogP contribution in [0.1, 0.15) is 5.56 Å². The topological polar surface area (TPSA) is 33.0 Å². The third kappa shape index (κ3) is 3.14. The Balaban J connectivity index is 1.50. The van der Waals surface area contributed by atoms with Gasteiger partial charge in [-0.05, 0) is 85.1 Å². The average Bonchev–Trinajstić information content (AvgIpc) is 3.00. The lowest BCUT2D eigenvalue weighted by atomic mass is 9.83. The molecule has 0 unspecified atom stereocenters. The first-order valence-electron chi connectivity index (χ1n) is 13.1. The number of para-hydroxylation sites is 1. The zero-order valence-corrected chi connectivity index (χ0v) is 21.0. The zero-order valence-electron chi connectivity index (χ0n) is 21.0. The molecular formula is C37H21NO. The van der Waals surface area contributed by atoms with Crippen LogP contribution in [-0.2, 0) is 0 Å². The lowest BCUT2D eigenvalue weighted by molar-refractivity contribution is 0.487. The molecule has 0 atom stereocenters. The van der Waals surface area contributed by atoms with Crippen LogP contribution in [0.2, 0.25) is 0 Å². The molecule has 7 aromatic rings. The number of nitrogens with zero attached hydrogens (tertiary/aromatic N) is 1. The van der Waals surface area contributed by atoms with E-state index in [0.29, 0.717) is 5.56 Å². The summed E-state index contributed by atoms with van der Waals surface area (Å²) < 4.78 is 6.39. The van der Waals surface area contributed by atoms with E-state index in [2.05, 4.69) is 109 Å². The lowest BCUT2D eigenvalue weighted by Crippen LogP contribution is -1.98. The molecule has 39 heavy (non-hydrogen) atoms. The highest BCUT2D eigenvalue weighted by Gasteiger charge is 2.23. The van der Waals surface area contributed by atoms with Crippen molar-refractivity contribution < 1.29 is 4.74 Å². The molecule has 0 saturated carbocycles. The Hall–Kier alpha value is -5.39. The fraction of sp³-hybridized carbons (Fsp3) is 0. The quantitative estimate of drug-likeness (QED) is 0.224. The number of rotatable bonds is 2. The van der Waals surface area contributed by atoms with Crippen molar-refractivity contribution in [2.45, 2.75) is 0 Å². The summed E-state index contributed by atoms with van der Waals surface area (Å²) in [6.07, 6.45) is 0. The van der Waals surface area contributed by atoms with E-state index >= 15 is 0 Å². The third-order valence-corrected chi connectivity index (χ3v) is 7.90. The predicted octanol–water partition coefficient (Wildman–Crippen LogP) is 10.1. The summed E-state index contributed by atoms with van der Waals surface area (Å²) in [7, 11) is 0. The summed E-state index contributed by atoms with van der Waals surface area (Å²) >= 11 is 0. The van der Waals surface area contributed by atoms with E-state index < -0.39 is 0 Å². The van der Waals surface area contributed by atoms with E-state index in [1.165, 1.54) is 49.2 Å². The van der Waals surface area contributed by atoms with Gasteiger partial charge in [-0.1, -0.05) is 97.1 Å². The molecule has 1 aliphatic heterocycles. The van der Waals surface area contributed by atoms with Crippen molar-refractivity contribution in [3.8, 4) is 50.9 Å². The lowest BCUT2D eigenvalue weighted by Gasteiger charge is -2.24. The van der Waals surface area contributed by atoms with Gasteiger partial charge in [0.15, 0.2) is 0 Å². The van der Waals surface area contributed by atoms with Crippen LogP contribution in [0.25, 0.3) is 65.7 Å². The van der Waals surface area contributed by atoms with E-state index in [-0.39, 0.29) is 0 Å². The second-order valence-corrected chi connectivity index (χ2v) is 9.97. The maximum absolute atomic E-state index is 9.35. The Labute approximate surface area is 226 Å². The summed E-state index contributed by atoms with van der Waals surface area (Å²) in [6.45, 7) is 0. The molecule has 2 nitrogen and oxygen atoms in total. The second-order valence-electron chi connectivity index (χ2n) is 9.97. The van der Waals surface area contributed by atoms with Crippen molar-refractivity contribution in [1.82, 2.24) is 0 Å². The Bertz CT molecular complexity index is 2090. The van der Waals surface area contributed by atoms with Gasteiger partial charge in [0.2, 0.25) is 0 Å². The molecule has 0 aliphatic carbocycles. The maximum atomic E-state index is 9.35. The van der Waals surface area contributed by atoms with Crippen LogP contribution < -0.4 is 4.74 Å². The van der Waals surface area contributed by atoms with Gasteiger partial charge in [-0.2, -0.15) is 5.26 Å². The number of benzene rings is 7. The van der Waals surface area contributed by atoms with Crippen molar-refractivity contribution >= 4 is 32.3 Å². The first-order chi connectivity index (χ1) is 19.3. The molecule has 0 radical (unpaired) electrons. The van der Waals surface area contributed by atoms with E-state index in [1.807, 2.05) is 24.3 Å². The van der Waals surface area contributed by atoms with Gasteiger partial charge in [0.05, 0.1) is 11.6 Å². The average molecular weight is 496 g/mol. The summed E-state index contributed by atoms with van der Waals surface area (Å²) in [5.74, 6) is 1.79. The van der Waals surface area contributed by atoms with Gasteiger partial charge in [0.1, 0.15) is 11.5 Å². The van der Waals surface area contributed by atoms with Crippen molar-refractivity contribution in [2.75, 3.05) is 0 Å². The molecule has 2 heteroatoms. The number of hydrogen-bond donors (Lipinski definition) is 0. The molecule has 7 aromatic carbocycles. The van der Waals surface area contributed by atoms with E-state index in [0.717, 1.165) is 28.0 Å². The molecule has 0 bridgehead atoms. The summed E-state index contributed by atoms with van der Waals surface area (Å²) in [5, 5.41) is 16.5. The molecule has 180 valence electrons. The van der Waals surface area contributed by atoms with Gasteiger partial charge in [0, 0.05) is 10.9 Å². The first-order valence-corrected chi connectivity index (χ1v) is 13.1. The third-order valence-electron chi connectivity index (χ3n) is 7.90. The smallest absolute Gasteiger partial charge is 0.135 e. The Morgan fingerprint density at radius 1 is 0.436 bits per heavy atom. The fourth-order valence-electron chi connectivity index (χ4n) is 6.24. The van der Waals surface area contributed by atoms with Gasteiger partial charge in [-0.3, -0.25) is 0 Å². The molecule has 8 rings (SSSR count). The van der Waals surface area contributed by atoms with Gasteiger partial charge in [0.25, 0.3) is 0 Å². The number of fused-ring (bicyclic) bond motifs is 4. The van der Waals surface area contributed by atoms with Gasteiger partial charge < -0.3 is 4.74 Å². The Morgan fingerprint density at radius 3 is 1.72 bits per heavy atom.